The molecular weight excluding hydrogens is 225 g/mol. The normalized spacial score (nSPS) is 13.9. The third-order valence-electron chi connectivity index (χ3n) is 2.03. The average molecular weight is 242 g/mol. The molecule has 0 aliphatic carbocycles. The van der Waals surface area contributed by atoms with Crippen molar-refractivity contribution >= 4 is 5.97 Å². The Bertz CT molecular complexity index is 221. The second kappa shape index (κ2) is 6.70. The monoisotopic (exact) mass is 242 g/mol. The van der Waals surface area contributed by atoms with Crippen LogP contribution in [0.25, 0.3) is 0 Å². The van der Waals surface area contributed by atoms with E-state index in [0.29, 0.717) is 0 Å². The first-order valence-electron chi connectivity index (χ1n) is 4.95. The van der Waals surface area contributed by atoms with Crippen LogP contribution in [0.5, 0.6) is 0 Å². The predicted molar refractivity (Wildman–Crippen MR) is 52.8 cm³/mol. The number of hydrogen-bond donors (Lipinski definition) is 1. The first-order chi connectivity index (χ1) is 7.32. The predicted octanol–water partition coefficient (Wildman–Crippen LogP) is 0.761. The minimum absolute atomic E-state index is 0.0860. The number of halogens is 3. The van der Waals surface area contributed by atoms with E-state index in [9.17, 15) is 18.0 Å². The van der Waals surface area contributed by atoms with Gasteiger partial charge in [-0.1, -0.05) is 0 Å². The van der Waals surface area contributed by atoms with Gasteiger partial charge in [-0.2, -0.15) is 13.2 Å². The van der Waals surface area contributed by atoms with Crippen molar-refractivity contribution in [3.63, 3.8) is 0 Å². The summed E-state index contributed by atoms with van der Waals surface area (Å²) < 4.78 is 42.2. The highest BCUT2D eigenvalue weighted by Gasteiger charge is 2.42. The molecule has 0 heterocycles. The Morgan fingerprint density at radius 3 is 2.44 bits per heavy atom. The molecule has 0 rings (SSSR count). The zero-order chi connectivity index (χ0) is 12.8. The van der Waals surface area contributed by atoms with Gasteiger partial charge in [0.2, 0.25) is 0 Å². The van der Waals surface area contributed by atoms with E-state index in [1.807, 2.05) is 0 Å². The molecule has 0 aromatic carbocycles. The van der Waals surface area contributed by atoms with Gasteiger partial charge in [0.05, 0.1) is 13.2 Å². The van der Waals surface area contributed by atoms with E-state index >= 15 is 0 Å². The van der Waals surface area contributed by atoms with E-state index in [-0.39, 0.29) is 19.6 Å². The Balaban J connectivity index is 4.38. The smallest absolute Gasteiger partial charge is 0.404 e. The molecule has 0 bridgehead atoms. The maximum absolute atomic E-state index is 12.5. The van der Waals surface area contributed by atoms with Crippen molar-refractivity contribution < 1.29 is 22.7 Å². The van der Waals surface area contributed by atoms with E-state index in [1.54, 1.807) is 6.92 Å². The highest BCUT2D eigenvalue weighted by atomic mass is 19.4. The fourth-order valence-electron chi connectivity index (χ4n) is 1.31. The molecular formula is C9H17F3N2O2. The Kier molecular flexibility index (Phi) is 6.35. The molecule has 0 amide bonds. The summed E-state index contributed by atoms with van der Waals surface area (Å²) in [6.45, 7) is 1.27. The Hall–Kier alpha value is -0.820. The molecule has 0 aliphatic heterocycles. The van der Waals surface area contributed by atoms with Crippen LogP contribution in [0.3, 0.4) is 0 Å². The summed E-state index contributed by atoms with van der Waals surface area (Å²) in [5.74, 6) is -0.670. The number of carbonyl (C=O) groups excluding carboxylic acids is 1. The first-order valence-corrected chi connectivity index (χ1v) is 4.95. The molecule has 0 aromatic heterocycles. The van der Waals surface area contributed by atoms with Gasteiger partial charge in [-0.15, -0.1) is 0 Å². The summed E-state index contributed by atoms with van der Waals surface area (Å²) in [4.78, 5) is 11.9. The summed E-state index contributed by atoms with van der Waals surface area (Å²) in [7, 11) is 1.23. The minimum Gasteiger partial charge on any atom is -0.465 e. The van der Waals surface area contributed by atoms with Crippen molar-refractivity contribution in [2.24, 2.45) is 5.73 Å². The van der Waals surface area contributed by atoms with Gasteiger partial charge in [0.15, 0.2) is 0 Å². The summed E-state index contributed by atoms with van der Waals surface area (Å²) in [6.07, 6.45) is -4.62. The summed E-state index contributed by atoms with van der Waals surface area (Å²) in [5, 5.41) is 0. The van der Waals surface area contributed by atoms with Crippen molar-refractivity contribution in [1.29, 1.82) is 0 Å². The highest BCUT2D eigenvalue weighted by molar-refractivity contribution is 5.71. The first kappa shape index (κ1) is 15.2. The molecule has 0 fully saturated rings. The average Bonchev–Trinajstić information content (AvgIpc) is 2.12. The molecule has 1 unspecified atom stereocenters. The molecule has 2 N–H and O–H groups in total. The lowest BCUT2D eigenvalue weighted by Gasteiger charge is -2.28. The second-order valence-electron chi connectivity index (χ2n) is 3.35. The van der Waals surface area contributed by atoms with Crippen LogP contribution in [-0.2, 0) is 9.53 Å². The maximum Gasteiger partial charge on any atom is 0.404 e. The van der Waals surface area contributed by atoms with Crippen molar-refractivity contribution in [2.75, 3.05) is 26.7 Å². The van der Waals surface area contributed by atoms with E-state index < -0.39 is 24.7 Å². The maximum atomic E-state index is 12.5. The fourth-order valence-corrected chi connectivity index (χ4v) is 1.31. The Morgan fingerprint density at radius 1 is 1.50 bits per heavy atom. The zero-order valence-corrected chi connectivity index (χ0v) is 9.38. The van der Waals surface area contributed by atoms with Gasteiger partial charge in [-0.25, -0.2) is 0 Å². The molecule has 4 nitrogen and oxygen atoms in total. The molecule has 1 atom stereocenters. The SMILES string of the molecule is CCOC(=O)CN(C)C(CCN)C(F)(F)F. The highest BCUT2D eigenvalue weighted by Crippen LogP contribution is 2.26. The van der Waals surface area contributed by atoms with Crippen LogP contribution in [0.4, 0.5) is 13.2 Å². The number of alkyl halides is 3. The van der Waals surface area contributed by atoms with Gasteiger partial charge in [-0.05, 0) is 26.9 Å². The molecule has 96 valence electrons. The van der Waals surface area contributed by atoms with Crippen LogP contribution in [0.2, 0.25) is 0 Å². The van der Waals surface area contributed by atoms with Crippen LogP contribution in [0.15, 0.2) is 0 Å². The van der Waals surface area contributed by atoms with Crippen molar-refractivity contribution in [3.8, 4) is 0 Å². The minimum atomic E-state index is -4.39. The van der Waals surface area contributed by atoms with Gasteiger partial charge in [0.25, 0.3) is 0 Å². The second-order valence-corrected chi connectivity index (χ2v) is 3.35. The molecule has 0 aromatic rings. The molecule has 0 radical (unpaired) electrons. The molecule has 0 spiro atoms. The molecule has 0 aliphatic rings. The number of ether oxygens (including phenoxy) is 1. The van der Waals surface area contributed by atoms with E-state index in [2.05, 4.69) is 4.74 Å². The quantitative estimate of drug-likeness (QED) is 0.699. The van der Waals surface area contributed by atoms with Crippen LogP contribution in [-0.4, -0.2) is 49.8 Å². The largest absolute Gasteiger partial charge is 0.465 e. The van der Waals surface area contributed by atoms with Gasteiger partial charge in [-0.3, -0.25) is 9.69 Å². The lowest BCUT2D eigenvalue weighted by Crippen LogP contribution is -2.47. The van der Waals surface area contributed by atoms with E-state index in [4.69, 9.17) is 5.73 Å². The third-order valence-corrected chi connectivity index (χ3v) is 2.03. The van der Waals surface area contributed by atoms with Crippen molar-refractivity contribution in [2.45, 2.75) is 25.6 Å². The van der Waals surface area contributed by atoms with Crippen LogP contribution >= 0.6 is 0 Å². The lowest BCUT2D eigenvalue weighted by molar-refractivity contribution is -0.184. The number of rotatable bonds is 6. The van der Waals surface area contributed by atoms with E-state index in [1.165, 1.54) is 7.05 Å². The molecule has 0 saturated heterocycles. The summed E-state index contributed by atoms with van der Waals surface area (Å²) >= 11 is 0. The Morgan fingerprint density at radius 2 is 2.06 bits per heavy atom. The number of carbonyl (C=O) groups is 1. The summed E-state index contributed by atoms with van der Waals surface area (Å²) in [5.41, 5.74) is 5.11. The van der Waals surface area contributed by atoms with Crippen LogP contribution in [0.1, 0.15) is 13.3 Å². The number of likely N-dealkylation sites (N-methyl/N-ethyl adjacent to an activating group) is 1. The topological polar surface area (TPSA) is 55.6 Å². The molecule has 16 heavy (non-hydrogen) atoms. The van der Waals surface area contributed by atoms with Crippen LogP contribution in [0, 0.1) is 0 Å². The number of nitrogens with two attached hydrogens (primary N) is 1. The van der Waals surface area contributed by atoms with Gasteiger partial charge >= 0.3 is 12.1 Å². The third kappa shape index (κ3) is 5.32. The lowest BCUT2D eigenvalue weighted by atomic mass is 10.1. The van der Waals surface area contributed by atoms with E-state index in [0.717, 1.165) is 4.90 Å². The van der Waals surface area contributed by atoms with Gasteiger partial charge in [0.1, 0.15) is 6.04 Å². The van der Waals surface area contributed by atoms with Gasteiger partial charge in [0, 0.05) is 0 Å². The number of nitrogens with zero attached hydrogens (tertiary/aromatic N) is 1. The zero-order valence-electron chi connectivity index (χ0n) is 9.38. The Labute approximate surface area is 92.5 Å². The number of esters is 1. The van der Waals surface area contributed by atoms with Gasteiger partial charge < -0.3 is 10.5 Å². The number of hydrogen-bond acceptors (Lipinski definition) is 4. The summed E-state index contributed by atoms with van der Waals surface area (Å²) in [6, 6.07) is -1.71. The molecule has 7 heteroatoms. The van der Waals surface area contributed by atoms with Crippen molar-refractivity contribution in [3.05, 3.63) is 0 Å². The van der Waals surface area contributed by atoms with Crippen LogP contribution < -0.4 is 5.73 Å². The molecule has 0 saturated carbocycles. The van der Waals surface area contributed by atoms with Crippen molar-refractivity contribution in [1.82, 2.24) is 4.90 Å². The standard InChI is InChI=1S/C9H17F3N2O2/c1-3-16-8(15)6-14(2)7(4-5-13)9(10,11)12/h7H,3-6,13H2,1-2H3. The fraction of sp³-hybridized carbons (Fsp3) is 0.889.